The third kappa shape index (κ3) is 5.91. The van der Waals surface area contributed by atoms with Gasteiger partial charge in [-0.3, -0.25) is 0 Å². The zero-order chi connectivity index (χ0) is 22.9. The Morgan fingerprint density at radius 1 is 0.750 bits per heavy atom. The van der Waals surface area contributed by atoms with E-state index in [1.54, 1.807) is 31.2 Å². The summed E-state index contributed by atoms with van der Waals surface area (Å²) in [6, 6.07) is 21.9. The van der Waals surface area contributed by atoms with Crippen LogP contribution in [0.25, 0.3) is 11.1 Å². The van der Waals surface area contributed by atoms with Crippen LogP contribution in [-0.4, -0.2) is 29.4 Å². The number of carbonyl (C=O) groups excluding carboxylic acids is 1. The van der Waals surface area contributed by atoms with Crippen LogP contribution in [0.5, 0.6) is 17.2 Å². The second kappa shape index (κ2) is 11.0. The van der Waals surface area contributed by atoms with E-state index in [4.69, 9.17) is 9.47 Å². The summed E-state index contributed by atoms with van der Waals surface area (Å²) >= 11 is 0. The van der Waals surface area contributed by atoms with E-state index in [9.17, 15) is 15.0 Å². The molecule has 0 spiro atoms. The lowest BCUT2D eigenvalue weighted by Gasteiger charge is -2.18. The van der Waals surface area contributed by atoms with Crippen molar-refractivity contribution in [3.05, 3.63) is 89.5 Å². The smallest absolute Gasteiger partial charge is 0.344 e. The summed E-state index contributed by atoms with van der Waals surface area (Å²) in [6.45, 7) is 4.08. The molecule has 0 aromatic heterocycles. The molecule has 5 heteroatoms. The molecule has 0 saturated carbocycles. The fourth-order valence-electron chi connectivity index (χ4n) is 3.53. The minimum atomic E-state index is -0.398. The lowest BCUT2D eigenvalue weighted by Crippen LogP contribution is -2.14. The van der Waals surface area contributed by atoms with E-state index < -0.39 is 5.97 Å². The van der Waals surface area contributed by atoms with Gasteiger partial charge in [-0.05, 0) is 77.6 Å². The molecule has 0 atom stereocenters. The molecule has 0 heterocycles. The summed E-state index contributed by atoms with van der Waals surface area (Å²) in [4.78, 5) is 11.5. The van der Waals surface area contributed by atoms with E-state index in [2.05, 4.69) is 6.92 Å². The van der Waals surface area contributed by atoms with Crippen LogP contribution < -0.4 is 4.74 Å². The molecule has 0 aliphatic heterocycles. The first-order valence-corrected chi connectivity index (χ1v) is 10.7. The zero-order valence-corrected chi connectivity index (χ0v) is 18.4. The van der Waals surface area contributed by atoms with Crippen LogP contribution >= 0.6 is 0 Å². The maximum absolute atomic E-state index is 11.5. The van der Waals surface area contributed by atoms with E-state index in [-0.39, 0.29) is 18.1 Å². The molecule has 0 bridgehead atoms. The highest BCUT2D eigenvalue weighted by Gasteiger charge is 2.14. The average Bonchev–Trinajstić information content (AvgIpc) is 2.80. The Bertz CT molecular complexity index is 1000. The van der Waals surface area contributed by atoms with Gasteiger partial charge < -0.3 is 19.7 Å². The Balaban J connectivity index is 2.03. The van der Waals surface area contributed by atoms with Gasteiger partial charge in [0.25, 0.3) is 0 Å². The second-order valence-electron chi connectivity index (χ2n) is 7.32. The molecular weight excluding hydrogens is 404 g/mol. The van der Waals surface area contributed by atoms with Crippen molar-refractivity contribution in [3.8, 4) is 17.2 Å². The Morgan fingerprint density at radius 3 is 1.72 bits per heavy atom. The van der Waals surface area contributed by atoms with Gasteiger partial charge in [-0.2, -0.15) is 0 Å². The van der Waals surface area contributed by atoms with Crippen molar-refractivity contribution in [1.29, 1.82) is 0 Å². The maximum atomic E-state index is 11.5. The molecule has 0 aliphatic carbocycles. The number of hydrogen-bond donors (Lipinski definition) is 2. The van der Waals surface area contributed by atoms with Crippen molar-refractivity contribution in [2.24, 2.45) is 0 Å². The van der Waals surface area contributed by atoms with Gasteiger partial charge in [-0.15, -0.1) is 0 Å². The molecule has 5 nitrogen and oxygen atoms in total. The largest absolute Gasteiger partial charge is 0.508 e. The van der Waals surface area contributed by atoms with Gasteiger partial charge in [-0.25, -0.2) is 4.79 Å². The molecule has 0 saturated heterocycles. The lowest BCUT2D eigenvalue weighted by molar-refractivity contribution is -0.145. The quantitative estimate of drug-likeness (QED) is 0.330. The van der Waals surface area contributed by atoms with Crippen molar-refractivity contribution in [2.45, 2.75) is 26.7 Å². The van der Waals surface area contributed by atoms with Crippen molar-refractivity contribution in [1.82, 2.24) is 0 Å². The monoisotopic (exact) mass is 432 g/mol. The van der Waals surface area contributed by atoms with Gasteiger partial charge in [0.2, 0.25) is 0 Å². The number of esters is 1. The number of phenolic OH excluding ortho intramolecular Hbond substituents is 2. The SMILES string of the molecule is CCCC(=C(c1ccc(O)cc1)c1ccc(O)cc1)c1ccc(OCC(=O)OCC)cc1. The highest BCUT2D eigenvalue weighted by molar-refractivity contribution is 5.98. The van der Waals surface area contributed by atoms with Crippen LogP contribution in [0.1, 0.15) is 43.4 Å². The van der Waals surface area contributed by atoms with E-state index in [0.29, 0.717) is 12.4 Å². The van der Waals surface area contributed by atoms with Crippen molar-refractivity contribution in [2.75, 3.05) is 13.2 Å². The van der Waals surface area contributed by atoms with E-state index in [0.717, 1.165) is 40.7 Å². The highest BCUT2D eigenvalue weighted by atomic mass is 16.6. The minimum absolute atomic E-state index is 0.128. The van der Waals surface area contributed by atoms with Gasteiger partial charge in [-0.1, -0.05) is 49.7 Å². The molecule has 0 aliphatic rings. The first kappa shape index (κ1) is 22.9. The fourth-order valence-corrected chi connectivity index (χ4v) is 3.53. The van der Waals surface area contributed by atoms with Crippen LogP contribution in [0.15, 0.2) is 72.8 Å². The van der Waals surface area contributed by atoms with Crippen molar-refractivity contribution in [3.63, 3.8) is 0 Å². The van der Waals surface area contributed by atoms with Gasteiger partial charge in [0, 0.05) is 0 Å². The molecule has 166 valence electrons. The number of aromatic hydroxyl groups is 2. The normalized spacial score (nSPS) is 10.4. The first-order valence-electron chi connectivity index (χ1n) is 10.7. The predicted molar refractivity (Wildman–Crippen MR) is 126 cm³/mol. The molecular formula is C27H28O5. The third-order valence-corrected chi connectivity index (χ3v) is 4.98. The molecule has 0 radical (unpaired) electrons. The molecule has 3 aromatic carbocycles. The lowest BCUT2D eigenvalue weighted by atomic mass is 9.87. The number of rotatable bonds is 9. The van der Waals surface area contributed by atoms with Crippen LogP contribution in [0, 0.1) is 0 Å². The summed E-state index contributed by atoms with van der Waals surface area (Å²) in [5.41, 5.74) is 5.15. The summed E-state index contributed by atoms with van der Waals surface area (Å²) in [5.74, 6) is 0.608. The number of carbonyl (C=O) groups is 1. The molecule has 32 heavy (non-hydrogen) atoms. The first-order chi connectivity index (χ1) is 15.5. The zero-order valence-electron chi connectivity index (χ0n) is 18.4. The van der Waals surface area contributed by atoms with Gasteiger partial charge in [0.1, 0.15) is 17.2 Å². The van der Waals surface area contributed by atoms with Crippen LogP contribution in [0.4, 0.5) is 0 Å². The van der Waals surface area contributed by atoms with E-state index >= 15 is 0 Å². The molecule has 0 fully saturated rings. The van der Waals surface area contributed by atoms with Crippen molar-refractivity contribution >= 4 is 17.1 Å². The molecule has 2 N–H and O–H groups in total. The van der Waals surface area contributed by atoms with Crippen LogP contribution in [0.3, 0.4) is 0 Å². The summed E-state index contributed by atoms with van der Waals surface area (Å²) in [5, 5.41) is 19.5. The van der Waals surface area contributed by atoms with Gasteiger partial charge in [0.15, 0.2) is 6.61 Å². The minimum Gasteiger partial charge on any atom is -0.508 e. The predicted octanol–water partition coefficient (Wildman–Crippen LogP) is 5.80. The second-order valence-corrected chi connectivity index (χ2v) is 7.32. The maximum Gasteiger partial charge on any atom is 0.344 e. The Kier molecular flexibility index (Phi) is 7.92. The summed E-state index contributed by atoms with van der Waals surface area (Å²) < 4.78 is 10.4. The highest BCUT2D eigenvalue weighted by Crippen LogP contribution is 2.36. The number of hydrogen-bond acceptors (Lipinski definition) is 5. The molecule has 3 rings (SSSR count). The molecule has 0 amide bonds. The van der Waals surface area contributed by atoms with E-state index in [1.807, 2.05) is 48.5 Å². The van der Waals surface area contributed by atoms with Crippen LogP contribution in [0.2, 0.25) is 0 Å². The molecule has 0 unspecified atom stereocenters. The van der Waals surface area contributed by atoms with Gasteiger partial charge in [0.05, 0.1) is 6.61 Å². The Labute approximate surface area is 188 Å². The number of ether oxygens (including phenoxy) is 2. The van der Waals surface area contributed by atoms with Gasteiger partial charge >= 0.3 is 5.97 Å². The Hall–Kier alpha value is -3.73. The standard InChI is InChI=1S/C27H28O5/c1-3-5-25(19-10-16-24(17-11-19)32-18-26(30)31-4-2)27(20-6-12-22(28)13-7-20)21-8-14-23(29)15-9-21/h6-17,28-29H,3-5,18H2,1-2H3. The molecule has 3 aromatic rings. The number of phenols is 2. The topological polar surface area (TPSA) is 76.0 Å². The number of benzene rings is 3. The van der Waals surface area contributed by atoms with E-state index in [1.165, 1.54) is 0 Å². The summed E-state index contributed by atoms with van der Waals surface area (Å²) in [6.07, 6.45) is 1.77. The Morgan fingerprint density at radius 2 is 1.25 bits per heavy atom. The summed E-state index contributed by atoms with van der Waals surface area (Å²) in [7, 11) is 0. The fraction of sp³-hybridized carbons (Fsp3) is 0.222. The van der Waals surface area contributed by atoms with Crippen molar-refractivity contribution < 1.29 is 24.5 Å². The average molecular weight is 433 g/mol. The van der Waals surface area contributed by atoms with Crippen LogP contribution in [-0.2, 0) is 9.53 Å². The third-order valence-electron chi connectivity index (χ3n) is 4.98. The number of allylic oxidation sites excluding steroid dienone is 1.